The van der Waals surface area contributed by atoms with Crippen LogP contribution in [0, 0.1) is 11.8 Å². The first kappa shape index (κ1) is 8.45. The van der Waals surface area contributed by atoms with Gasteiger partial charge in [-0.1, -0.05) is 26.7 Å². The van der Waals surface area contributed by atoms with Gasteiger partial charge >= 0.3 is 0 Å². The molecule has 2 atom stereocenters. The monoisotopic (exact) mass is 158 g/mol. The van der Waals surface area contributed by atoms with Crippen molar-refractivity contribution in [2.45, 2.75) is 44.8 Å². The van der Waals surface area contributed by atoms with Crippen molar-refractivity contribution in [3.8, 4) is 0 Å². The fourth-order valence-corrected chi connectivity index (χ4v) is 2.59. The Hall–Kier alpha value is 0.350. The van der Waals surface area contributed by atoms with E-state index in [9.17, 15) is 0 Å². The topological polar surface area (TPSA) is 0 Å². The Morgan fingerprint density at radius 1 is 1.20 bits per heavy atom. The van der Waals surface area contributed by atoms with Crippen LogP contribution in [0.2, 0.25) is 0 Å². The van der Waals surface area contributed by atoms with E-state index in [4.69, 9.17) is 0 Å². The lowest BCUT2D eigenvalue weighted by Gasteiger charge is -2.30. The van der Waals surface area contributed by atoms with Crippen LogP contribution in [0.4, 0.5) is 0 Å². The Kier molecular flexibility index (Phi) is 3.09. The summed E-state index contributed by atoms with van der Waals surface area (Å²) in [6, 6.07) is 0. The molecule has 0 aromatic heterocycles. The van der Waals surface area contributed by atoms with Gasteiger partial charge in [-0.3, -0.25) is 0 Å². The summed E-state index contributed by atoms with van der Waals surface area (Å²) in [4.78, 5) is 0. The number of thiol groups is 1. The van der Waals surface area contributed by atoms with Crippen LogP contribution >= 0.6 is 12.6 Å². The van der Waals surface area contributed by atoms with E-state index in [1.54, 1.807) is 0 Å². The van der Waals surface area contributed by atoms with E-state index in [0.29, 0.717) is 5.25 Å². The summed E-state index contributed by atoms with van der Waals surface area (Å²) >= 11 is 4.60. The van der Waals surface area contributed by atoms with Gasteiger partial charge in [-0.05, 0) is 24.7 Å². The first-order valence-corrected chi connectivity index (χ1v) is 4.91. The summed E-state index contributed by atoms with van der Waals surface area (Å²) in [6.45, 7) is 4.64. The Morgan fingerprint density at radius 3 is 2.20 bits per heavy atom. The number of hydrogen-bond acceptors (Lipinski definition) is 1. The van der Waals surface area contributed by atoms with Gasteiger partial charge in [0.25, 0.3) is 0 Å². The SMILES string of the molecule is CC(C)[C@@H]1CCCCC1S. The zero-order chi connectivity index (χ0) is 7.56. The van der Waals surface area contributed by atoms with E-state index < -0.39 is 0 Å². The lowest BCUT2D eigenvalue weighted by Crippen LogP contribution is -2.24. The highest BCUT2D eigenvalue weighted by molar-refractivity contribution is 7.81. The summed E-state index contributed by atoms with van der Waals surface area (Å²) in [5, 5.41) is 0.689. The molecule has 0 aromatic carbocycles. The van der Waals surface area contributed by atoms with Gasteiger partial charge in [0, 0.05) is 5.25 Å². The highest BCUT2D eigenvalue weighted by Crippen LogP contribution is 2.33. The summed E-state index contributed by atoms with van der Waals surface area (Å²) in [7, 11) is 0. The highest BCUT2D eigenvalue weighted by Gasteiger charge is 2.24. The molecule has 1 aliphatic rings. The minimum absolute atomic E-state index is 0.689. The summed E-state index contributed by atoms with van der Waals surface area (Å²) in [6.07, 6.45) is 5.58. The second-order valence-electron chi connectivity index (χ2n) is 3.76. The number of rotatable bonds is 1. The lowest BCUT2D eigenvalue weighted by molar-refractivity contribution is 0.290. The smallest absolute Gasteiger partial charge is 0.00475 e. The third-order valence-electron chi connectivity index (χ3n) is 2.64. The molecule has 0 spiro atoms. The summed E-state index contributed by atoms with van der Waals surface area (Å²) in [5.74, 6) is 1.72. The molecule has 0 N–H and O–H groups in total. The molecule has 0 aromatic rings. The van der Waals surface area contributed by atoms with Crippen molar-refractivity contribution in [2.24, 2.45) is 11.8 Å². The van der Waals surface area contributed by atoms with E-state index in [-0.39, 0.29) is 0 Å². The zero-order valence-corrected chi connectivity index (χ0v) is 7.90. The van der Waals surface area contributed by atoms with Crippen LogP contribution < -0.4 is 0 Å². The first-order chi connectivity index (χ1) is 4.72. The van der Waals surface area contributed by atoms with Gasteiger partial charge in [0.2, 0.25) is 0 Å². The van der Waals surface area contributed by atoms with Crippen LogP contribution in [0.25, 0.3) is 0 Å². The second-order valence-corrected chi connectivity index (χ2v) is 4.42. The maximum atomic E-state index is 4.60. The Balaban J connectivity index is 2.40. The average molecular weight is 158 g/mol. The molecule has 1 aliphatic carbocycles. The molecule has 10 heavy (non-hydrogen) atoms. The molecule has 0 radical (unpaired) electrons. The van der Waals surface area contributed by atoms with Crippen LogP contribution in [0.3, 0.4) is 0 Å². The van der Waals surface area contributed by atoms with Crippen LogP contribution in [-0.4, -0.2) is 5.25 Å². The van der Waals surface area contributed by atoms with Gasteiger partial charge in [0.1, 0.15) is 0 Å². The third kappa shape index (κ3) is 1.91. The summed E-state index contributed by atoms with van der Waals surface area (Å²) < 4.78 is 0. The molecular weight excluding hydrogens is 140 g/mol. The minimum atomic E-state index is 0.689. The Morgan fingerprint density at radius 2 is 1.80 bits per heavy atom. The molecular formula is C9H18S. The largest absolute Gasteiger partial charge is 0.176 e. The normalized spacial score (nSPS) is 34.8. The van der Waals surface area contributed by atoms with E-state index in [2.05, 4.69) is 26.5 Å². The molecule has 0 bridgehead atoms. The van der Waals surface area contributed by atoms with Crippen molar-refractivity contribution in [1.29, 1.82) is 0 Å². The van der Waals surface area contributed by atoms with Crippen molar-refractivity contribution in [1.82, 2.24) is 0 Å². The van der Waals surface area contributed by atoms with Crippen LogP contribution in [0.5, 0.6) is 0 Å². The van der Waals surface area contributed by atoms with Crippen molar-refractivity contribution in [2.75, 3.05) is 0 Å². The quantitative estimate of drug-likeness (QED) is 0.557. The van der Waals surface area contributed by atoms with Gasteiger partial charge in [0.15, 0.2) is 0 Å². The van der Waals surface area contributed by atoms with Crippen LogP contribution in [-0.2, 0) is 0 Å². The molecule has 0 saturated heterocycles. The molecule has 1 saturated carbocycles. The lowest BCUT2D eigenvalue weighted by atomic mass is 9.81. The molecule has 1 unspecified atom stereocenters. The van der Waals surface area contributed by atoms with E-state index in [0.717, 1.165) is 11.8 Å². The van der Waals surface area contributed by atoms with Crippen molar-refractivity contribution < 1.29 is 0 Å². The fourth-order valence-electron chi connectivity index (χ4n) is 1.92. The first-order valence-electron chi connectivity index (χ1n) is 4.40. The zero-order valence-electron chi connectivity index (χ0n) is 7.01. The van der Waals surface area contributed by atoms with E-state index >= 15 is 0 Å². The van der Waals surface area contributed by atoms with Gasteiger partial charge < -0.3 is 0 Å². The summed E-state index contributed by atoms with van der Waals surface area (Å²) in [5.41, 5.74) is 0. The Labute approximate surface area is 69.8 Å². The van der Waals surface area contributed by atoms with Gasteiger partial charge in [-0.15, -0.1) is 0 Å². The van der Waals surface area contributed by atoms with Crippen molar-refractivity contribution >= 4 is 12.6 Å². The van der Waals surface area contributed by atoms with Gasteiger partial charge in [-0.2, -0.15) is 12.6 Å². The standard InChI is InChI=1S/C9H18S/c1-7(2)8-5-3-4-6-9(8)10/h7-10H,3-6H2,1-2H3/t8-,9?/m0/s1. The molecule has 1 heteroatoms. The molecule has 0 heterocycles. The molecule has 1 fully saturated rings. The maximum absolute atomic E-state index is 4.60. The van der Waals surface area contributed by atoms with Crippen molar-refractivity contribution in [3.05, 3.63) is 0 Å². The van der Waals surface area contributed by atoms with E-state index in [1.165, 1.54) is 25.7 Å². The maximum Gasteiger partial charge on any atom is 0.00475 e. The molecule has 0 amide bonds. The second kappa shape index (κ2) is 3.66. The third-order valence-corrected chi connectivity index (χ3v) is 3.28. The number of hydrogen-bond donors (Lipinski definition) is 1. The van der Waals surface area contributed by atoms with Crippen molar-refractivity contribution in [3.63, 3.8) is 0 Å². The molecule has 0 nitrogen and oxygen atoms in total. The predicted octanol–water partition coefficient (Wildman–Crippen LogP) is 3.13. The predicted molar refractivity (Wildman–Crippen MR) is 49.6 cm³/mol. The van der Waals surface area contributed by atoms with E-state index in [1.807, 2.05) is 0 Å². The van der Waals surface area contributed by atoms with Crippen LogP contribution in [0.15, 0.2) is 0 Å². The fraction of sp³-hybridized carbons (Fsp3) is 1.00. The average Bonchev–Trinajstić information content (AvgIpc) is 1.88. The minimum Gasteiger partial charge on any atom is -0.176 e. The van der Waals surface area contributed by atoms with Gasteiger partial charge in [0.05, 0.1) is 0 Å². The van der Waals surface area contributed by atoms with Gasteiger partial charge in [-0.25, -0.2) is 0 Å². The molecule has 1 rings (SSSR count). The van der Waals surface area contributed by atoms with Crippen LogP contribution in [0.1, 0.15) is 39.5 Å². The molecule has 0 aliphatic heterocycles. The highest BCUT2D eigenvalue weighted by atomic mass is 32.1. The Bertz CT molecular complexity index is 98.9. The molecule has 60 valence electrons.